The highest BCUT2D eigenvalue weighted by atomic mass is 35.5. The highest BCUT2D eigenvalue weighted by Gasteiger charge is 2.06. The van der Waals surface area contributed by atoms with Gasteiger partial charge in [-0.05, 0) is 24.6 Å². The Morgan fingerprint density at radius 1 is 1.45 bits per heavy atom. The van der Waals surface area contributed by atoms with Crippen molar-refractivity contribution >= 4 is 23.3 Å². The minimum absolute atomic E-state index is 0.279. The van der Waals surface area contributed by atoms with E-state index in [1.54, 1.807) is 30.7 Å². The SMILES string of the molecule is CCCOc1ccc(NC(=O)NCCn2ccnc2)cc1Cl. The number of nitrogens with one attached hydrogen (secondary N) is 2. The van der Waals surface area contributed by atoms with Gasteiger partial charge in [-0.3, -0.25) is 0 Å². The van der Waals surface area contributed by atoms with Crippen molar-refractivity contribution < 1.29 is 9.53 Å². The summed E-state index contributed by atoms with van der Waals surface area (Å²) in [5, 5.41) is 5.97. The Balaban J connectivity index is 1.79. The van der Waals surface area contributed by atoms with Crippen molar-refractivity contribution in [2.75, 3.05) is 18.5 Å². The van der Waals surface area contributed by atoms with E-state index < -0.39 is 0 Å². The zero-order valence-corrected chi connectivity index (χ0v) is 13.1. The van der Waals surface area contributed by atoms with Crippen LogP contribution in [0, 0.1) is 0 Å². The molecular weight excluding hydrogens is 304 g/mol. The van der Waals surface area contributed by atoms with Crippen LogP contribution in [0.2, 0.25) is 5.02 Å². The Hall–Kier alpha value is -2.21. The second kappa shape index (κ2) is 8.29. The third-order valence-corrected chi connectivity index (χ3v) is 3.16. The van der Waals surface area contributed by atoms with Gasteiger partial charge in [0.05, 0.1) is 18.0 Å². The number of carbonyl (C=O) groups excluding carboxylic acids is 1. The summed E-state index contributed by atoms with van der Waals surface area (Å²) in [6, 6.07) is 4.89. The highest BCUT2D eigenvalue weighted by Crippen LogP contribution is 2.27. The van der Waals surface area contributed by atoms with Crippen molar-refractivity contribution in [3.05, 3.63) is 41.9 Å². The van der Waals surface area contributed by atoms with Crippen LogP contribution >= 0.6 is 11.6 Å². The van der Waals surface area contributed by atoms with Gasteiger partial charge in [0.2, 0.25) is 0 Å². The van der Waals surface area contributed by atoms with Crippen molar-refractivity contribution in [1.29, 1.82) is 0 Å². The maximum absolute atomic E-state index is 11.8. The number of aromatic nitrogens is 2. The Bertz CT molecular complexity index is 602. The first-order valence-corrected chi connectivity index (χ1v) is 7.49. The maximum atomic E-state index is 11.8. The van der Waals surface area contributed by atoms with Crippen molar-refractivity contribution in [3.63, 3.8) is 0 Å². The lowest BCUT2D eigenvalue weighted by Gasteiger charge is -2.10. The summed E-state index contributed by atoms with van der Waals surface area (Å²) >= 11 is 6.11. The van der Waals surface area contributed by atoms with Crippen molar-refractivity contribution in [1.82, 2.24) is 14.9 Å². The van der Waals surface area contributed by atoms with Crippen molar-refractivity contribution in [2.45, 2.75) is 19.9 Å². The number of carbonyl (C=O) groups is 1. The molecule has 0 saturated carbocycles. The number of hydrogen-bond donors (Lipinski definition) is 2. The minimum Gasteiger partial charge on any atom is -0.492 e. The molecule has 2 rings (SSSR count). The molecule has 1 aromatic heterocycles. The first kappa shape index (κ1) is 16.2. The molecule has 2 N–H and O–H groups in total. The first-order valence-electron chi connectivity index (χ1n) is 7.12. The van der Waals surface area contributed by atoms with Crippen LogP contribution in [0.4, 0.5) is 10.5 Å². The van der Waals surface area contributed by atoms with Crippen molar-refractivity contribution in [3.8, 4) is 5.75 Å². The van der Waals surface area contributed by atoms with Gasteiger partial charge in [0, 0.05) is 31.2 Å². The number of nitrogens with zero attached hydrogens (tertiary/aromatic N) is 2. The van der Waals surface area contributed by atoms with E-state index >= 15 is 0 Å². The van der Waals surface area contributed by atoms with Gasteiger partial charge in [-0.2, -0.15) is 0 Å². The molecule has 2 aromatic rings. The molecule has 0 spiro atoms. The largest absolute Gasteiger partial charge is 0.492 e. The lowest BCUT2D eigenvalue weighted by molar-refractivity contribution is 0.251. The molecule has 118 valence electrons. The molecule has 6 nitrogen and oxygen atoms in total. The average Bonchev–Trinajstić information content (AvgIpc) is 3.00. The van der Waals surface area contributed by atoms with Gasteiger partial charge in [0.25, 0.3) is 0 Å². The van der Waals surface area contributed by atoms with E-state index in [9.17, 15) is 4.79 Å². The van der Waals surface area contributed by atoms with E-state index in [0.717, 1.165) is 6.42 Å². The fraction of sp³-hybridized carbons (Fsp3) is 0.333. The van der Waals surface area contributed by atoms with Gasteiger partial charge < -0.3 is 19.9 Å². The molecule has 0 radical (unpaired) electrons. The van der Waals surface area contributed by atoms with Crippen LogP contribution in [-0.2, 0) is 6.54 Å². The molecule has 0 aliphatic heterocycles. The highest BCUT2D eigenvalue weighted by molar-refractivity contribution is 6.32. The fourth-order valence-corrected chi connectivity index (χ4v) is 2.04. The summed E-state index contributed by atoms with van der Waals surface area (Å²) in [4.78, 5) is 15.7. The summed E-state index contributed by atoms with van der Waals surface area (Å²) in [6.07, 6.45) is 6.16. The summed E-state index contributed by atoms with van der Waals surface area (Å²) in [5.41, 5.74) is 0.619. The first-order chi connectivity index (χ1) is 10.7. The number of halogens is 1. The maximum Gasteiger partial charge on any atom is 0.319 e. The molecular formula is C15H19ClN4O2. The molecule has 0 atom stereocenters. The lowest BCUT2D eigenvalue weighted by Crippen LogP contribution is -2.31. The van der Waals surface area contributed by atoms with Gasteiger partial charge in [-0.1, -0.05) is 18.5 Å². The number of hydrogen-bond acceptors (Lipinski definition) is 3. The van der Waals surface area contributed by atoms with E-state index in [1.807, 2.05) is 17.7 Å². The summed E-state index contributed by atoms with van der Waals surface area (Å²) in [6.45, 7) is 3.81. The molecule has 22 heavy (non-hydrogen) atoms. The number of imidazole rings is 1. The zero-order valence-electron chi connectivity index (χ0n) is 12.4. The molecule has 0 fully saturated rings. The predicted molar refractivity (Wildman–Crippen MR) is 86.5 cm³/mol. The second-order valence-corrected chi connectivity index (χ2v) is 5.08. The van der Waals surface area contributed by atoms with Crippen LogP contribution in [0.5, 0.6) is 5.75 Å². The summed E-state index contributed by atoms with van der Waals surface area (Å²) in [5.74, 6) is 0.620. The molecule has 1 aromatic carbocycles. The monoisotopic (exact) mass is 322 g/mol. The molecule has 2 amide bonds. The number of benzene rings is 1. The van der Waals surface area contributed by atoms with E-state index in [0.29, 0.717) is 36.2 Å². The van der Waals surface area contributed by atoms with Gasteiger partial charge in [0.1, 0.15) is 5.75 Å². The van der Waals surface area contributed by atoms with Crippen LogP contribution < -0.4 is 15.4 Å². The van der Waals surface area contributed by atoms with Gasteiger partial charge >= 0.3 is 6.03 Å². The zero-order chi connectivity index (χ0) is 15.8. The van der Waals surface area contributed by atoms with Gasteiger partial charge in [-0.25, -0.2) is 9.78 Å². The summed E-state index contributed by atoms with van der Waals surface area (Å²) < 4.78 is 7.37. The third-order valence-electron chi connectivity index (χ3n) is 2.87. The lowest BCUT2D eigenvalue weighted by atomic mass is 10.3. The molecule has 0 bridgehead atoms. The predicted octanol–water partition coefficient (Wildman–Crippen LogP) is 3.15. The smallest absolute Gasteiger partial charge is 0.319 e. The normalized spacial score (nSPS) is 10.3. The van der Waals surface area contributed by atoms with E-state index in [1.165, 1.54) is 0 Å². The Morgan fingerprint density at radius 3 is 3.00 bits per heavy atom. The molecule has 0 unspecified atom stereocenters. The number of urea groups is 1. The number of rotatable bonds is 7. The minimum atomic E-state index is -0.279. The Kier molecular flexibility index (Phi) is 6.09. The van der Waals surface area contributed by atoms with Crippen LogP contribution in [-0.4, -0.2) is 28.7 Å². The van der Waals surface area contributed by atoms with Crippen molar-refractivity contribution in [2.24, 2.45) is 0 Å². The van der Waals surface area contributed by atoms with Gasteiger partial charge in [0.15, 0.2) is 0 Å². The fourth-order valence-electron chi connectivity index (χ4n) is 1.80. The molecule has 0 aliphatic rings. The number of ether oxygens (including phenoxy) is 1. The number of anilines is 1. The van der Waals surface area contributed by atoms with Crippen LogP contribution in [0.3, 0.4) is 0 Å². The third kappa shape index (κ3) is 4.96. The summed E-state index contributed by atoms with van der Waals surface area (Å²) in [7, 11) is 0. The average molecular weight is 323 g/mol. The molecule has 7 heteroatoms. The molecule has 0 saturated heterocycles. The quantitative estimate of drug-likeness (QED) is 0.822. The topological polar surface area (TPSA) is 68.2 Å². The number of amides is 2. The van der Waals surface area contributed by atoms with E-state index in [2.05, 4.69) is 15.6 Å². The van der Waals surface area contributed by atoms with E-state index in [4.69, 9.17) is 16.3 Å². The van der Waals surface area contributed by atoms with Gasteiger partial charge in [-0.15, -0.1) is 0 Å². The second-order valence-electron chi connectivity index (χ2n) is 4.68. The molecule has 1 heterocycles. The Morgan fingerprint density at radius 2 is 2.32 bits per heavy atom. The molecule has 0 aliphatic carbocycles. The van der Waals surface area contributed by atoms with Crippen LogP contribution in [0.1, 0.15) is 13.3 Å². The van der Waals surface area contributed by atoms with E-state index in [-0.39, 0.29) is 6.03 Å². The van der Waals surface area contributed by atoms with Crippen LogP contribution in [0.15, 0.2) is 36.9 Å². The Labute approximate surface area is 134 Å². The van der Waals surface area contributed by atoms with Crippen LogP contribution in [0.25, 0.3) is 0 Å². The standard InChI is InChI=1S/C15H19ClN4O2/c1-2-9-22-14-4-3-12(10-13(14)16)19-15(21)18-6-8-20-7-5-17-11-20/h3-5,7,10-11H,2,6,8-9H2,1H3,(H2,18,19,21).